The van der Waals surface area contributed by atoms with Crippen LogP contribution in [-0.4, -0.2) is 57.0 Å². The molecular formula is C19H18N4O6. The molecule has 5 N–H and O–H groups in total. The molecule has 0 fully saturated rings. The molecule has 1 atom stereocenters. The van der Waals surface area contributed by atoms with Gasteiger partial charge >= 0.3 is 5.97 Å². The van der Waals surface area contributed by atoms with E-state index < -0.39 is 30.3 Å². The number of pyridine rings is 1. The number of hydrogen-bond acceptors (Lipinski definition) is 7. The molecule has 2 aromatic heterocycles. The van der Waals surface area contributed by atoms with Crippen molar-refractivity contribution in [2.45, 2.75) is 6.04 Å². The molecule has 3 rings (SSSR count). The van der Waals surface area contributed by atoms with Gasteiger partial charge in [0.25, 0.3) is 5.91 Å². The number of nitrogens with zero attached hydrogens (tertiary/aromatic N) is 2. The zero-order chi connectivity index (χ0) is 21.1. The Morgan fingerprint density at radius 1 is 1.24 bits per heavy atom. The highest BCUT2D eigenvalue weighted by Crippen LogP contribution is 2.24. The molecule has 1 amide bonds. The van der Waals surface area contributed by atoms with Crippen molar-refractivity contribution in [1.82, 2.24) is 14.7 Å². The molecule has 0 bridgehead atoms. The number of aliphatic hydroxyl groups is 1. The first-order chi connectivity index (χ1) is 13.8. The SMILES string of the molecule is COc1cc(C(=O)c2ncc3ccc(C(=O)N[C@@H](CO)C(=O)O)cn23)ccc1N. The number of carboxylic acid groups (broad SMARTS) is 1. The molecule has 3 aromatic rings. The van der Waals surface area contributed by atoms with Crippen LogP contribution in [0, 0.1) is 0 Å². The molecule has 0 unspecified atom stereocenters. The van der Waals surface area contributed by atoms with Gasteiger partial charge < -0.3 is 26.0 Å². The van der Waals surface area contributed by atoms with E-state index in [4.69, 9.17) is 20.7 Å². The number of ether oxygens (including phenoxy) is 1. The maximum atomic E-state index is 12.9. The number of aliphatic carboxylic acids is 1. The Labute approximate surface area is 164 Å². The van der Waals surface area contributed by atoms with Gasteiger partial charge in [0.1, 0.15) is 5.75 Å². The van der Waals surface area contributed by atoms with Gasteiger partial charge in [0, 0.05) is 11.8 Å². The van der Waals surface area contributed by atoms with Crippen LogP contribution >= 0.6 is 0 Å². The van der Waals surface area contributed by atoms with E-state index in [1.165, 1.54) is 42.1 Å². The van der Waals surface area contributed by atoms with Crippen molar-refractivity contribution < 1.29 is 29.3 Å². The Morgan fingerprint density at radius 2 is 1.97 bits per heavy atom. The molecular weight excluding hydrogens is 380 g/mol. The molecule has 0 aliphatic heterocycles. The molecule has 0 saturated carbocycles. The number of imidazole rings is 1. The number of fused-ring (bicyclic) bond motifs is 1. The summed E-state index contributed by atoms with van der Waals surface area (Å²) in [6.45, 7) is -0.753. The molecule has 10 heteroatoms. The molecule has 10 nitrogen and oxygen atoms in total. The fraction of sp³-hybridized carbons (Fsp3) is 0.158. The molecule has 29 heavy (non-hydrogen) atoms. The van der Waals surface area contributed by atoms with Gasteiger partial charge in [0.15, 0.2) is 11.9 Å². The molecule has 0 aliphatic carbocycles. The minimum absolute atomic E-state index is 0.0541. The Kier molecular flexibility index (Phi) is 5.46. The summed E-state index contributed by atoms with van der Waals surface area (Å²) in [5.41, 5.74) is 7.11. The van der Waals surface area contributed by atoms with Crippen LogP contribution in [0.4, 0.5) is 5.69 Å². The van der Waals surface area contributed by atoms with Gasteiger partial charge in [-0.15, -0.1) is 0 Å². The number of carboxylic acids is 1. The van der Waals surface area contributed by atoms with Crippen molar-refractivity contribution in [3.63, 3.8) is 0 Å². The maximum absolute atomic E-state index is 12.9. The highest BCUT2D eigenvalue weighted by atomic mass is 16.5. The Bertz CT molecular complexity index is 1110. The van der Waals surface area contributed by atoms with Gasteiger partial charge in [-0.2, -0.15) is 0 Å². The van der Waals surface area contributed by atoms with Crippen LogP contribution in [0.5, 0.6) is 5.75 Å². The van der Waals surface area contributed by atoms with Crippen LogP contribution in [0.1, 0.15) is 26.5 Å². The van der Waals surface area contributed by atoms with Crippen LogP contribution < -0.4 is 15.8 Å². The van der Waals surface area contributed by atoms with E-state index in [1.807, 2.05) is 0 Å². The number of aromatic nitrogens is 2. The van der Waals surface area contributed by atoms with Crippen LogP contribution in [0.25, 0.3) is 5.52 Å². The van der Waals surface area contributed by atoms with E-state index in [-0.39, 0.29) is 11.4 Å². The van der Waals surface area contributed by atoms with Crippen LogP contribution in [0.2, 0.25) is 0 Å². The van der Waals surface area contributed by atoms with Crippen molar-refractivity contribution in [2.75, 3.05) is 19.5 Å². The summed E-state index contributed by atoms with van der Waals surface area (Å²) in [5, 5.41) is 20.2. The van der Waals surface area contributed by atoms with E-state index >= 15 is 0 Å². The standard InChI is InChI=1S/C19H18N4O6/c1-29-15-6-10(3-5-13(15)20)16(25)17-21-7-12-4-2-11(8-23(12)17)18(26)22-14(9-24)19(27)28/h2-8,14,24H,9,20H2,1H3,(H,22,26)(H,27,28)/t14-/m0/s1. The van der Waals surface area contributed by atoms with Gasteiger partial charge in [0.2, 0.25) is 5.78 Å². The summed E-state index contributed by atoms with van der Waals surface area (Å²) in [6.07, 6.45) is 2.84. The number of nitrogens with one attached hydrogen (secondary N) is 1. The topological polar surface area (TPSA) is 156 Å². The van der Waals surface area contributed by atoms with E-state index in [0.29, 0.717) is 22.5 Å². The number of carbonyl (C=O) groups excluding carboxylic acids is 2. The Balaban J connectivity index is 1.96. The summed E-state index contributed by atoms with van der Waals surface area (Å²) in [7, 11) is 1.44. The third-order valence-corrected chi connectivity index (χ3v) is 4.27. The number of ketones is 1. The average Bonchev–Trinajstić information content (AvgIpc) is 3.14. The van der Waals surface area contributed by atoms with Gasteiger partial charge in [0.05, 0.1) is 36.7 Å². The second-order valence-corrected chi connectivity index (χ2v) is 6.13. The lowest BCUT2D eigenvalue weighted by Crippen LogP contribution is -2.43. The molecule has 150 valence electrons. The first kappa shape index (κ1) is 19.8. The lowest BCUT2D eigenvalue weighted by molar-refractivity contribution is -0.140. The molecule has 0 saturated heterocycles. The maximum Gasteiger partial charge on any atom is 0.328 e. The third-order valence-electron chi connectivity index (χ3n) is 4.27. The lowest BCUT2D eigenvalue weighted by atomic mass is 10.1. The van der Waals surface area contributed by atoms with Gasteiger partial charge in [-0.3, -0.25) is 14.0 Å². The summed E-state index contributed by atoms with van der Waals surface area (Å²) in [6, 6.07) is 6.16. The number of hydrogen-bond donors (Lipinski definition) is 4. The fourth-order valence-electron chi connectivity index (χ4n) is 2.70. The molecule has 0 spiro atoms. The van der Waals surface area contributed by atoms with Crippen molar-refractivity contribution in [2.24, 2.45) is 0 Å². The van der Waals surface area contributed by atoms with Gasteiger partial charge in [-0.25, -0.2) is 9.78 Å². The van der Waals surface area contributed by atoms with Crippen LogP contribution in [0.3, 0.4) is 0 Å². The molecule has 2 heterocycles. The van der Waals surface area contributed by atoms with Gasteiger partial charge in [-0.05, 0) is 30.3 Å². The minimum atomic E-state index is -1.44. The second kappa shape index (κ2) is 7.98. The number of nitrogens with two attached hydrogens (primary N) is 1. The first-order valence-corrected chi connectivity index (χ1v) is 8.45. The predicted molar refractivity (Wildman–Crippen MR) is 102 cm³/mol. The van der Waals surface area contributed by atoms with Crippen LogP contribution in [-0.2, 0) is 4.79 Å². The Hall–Kier alpha value is -3.92. The number of carbonyl (C=O) groups is 3. The minimum Gasteiger partial charge on any atom is -0.495 e. The Morgan fingerprint density at radius 3 is 2.62 bits per heavy atom. The van der Waals surface area contributed by atoms with E-state index in [1.54, 1.807) is 12.1 Å². The molecule has 0 aliphatic rings. The number of aliphatic hydroxyl groups excluding tert-OH is 1. The summed E-state index contributed by atoms with van der Waals surface area (Å²) in [5.74, 6) is -2.09. The van der Waals surface area contributed by atoms with Crippen molar-refractivity contribution in [1.29, 1.82) is 0 Å². The monoisotopic (exact) mass is 398 g/mol. The zero-order valence-electron chi connectivity index (χ0n) is 15.3. The number of rotatable bonds is 7. The lowest BCUT2D eigenvalue weighted by Gasteiger charge is -2.12. The summed E-state index contributed by atoms with van der Waals surface area (Å²) >= 11 is 0. The fourth-order valence-corrected chi connectivity index (χ4v) is 2.70. The average molecular weight is 398 g/mol. The number of anilines is 1. The number of benzene rings is 1. The van der Waals surface area contributed by atoms with Crippen molar-refractivity contribution in [3.8, 4) is 5.75 Å². The van der Waals surface area contributed by atoms with Crippen LogP contribution in [0.15, 0.2) is 42.7 Å². The van der Waals surface area contributed by atoms with Crippen molar-refractivity contribution in [3.05, 3.63) is 59.7 Å². The smallest absolute Gasteiger partial charge is 0.328 e. The highest BCUT2D eigenvalue weighted by Gasteiger charge is 2.21. The molecule has 1 aromatic carbocycles. The quantitative estimate of drug-likeness (QED) is 0.328. The van der Waals surface area contributed by atoms with E-state index in [2.05, 4.69) is 10.3 Å². The number of methoxy groups -OCH3 is 1. The normalized spacial score (nSPS) is 11.8. The summed E-state index contributed by atoms with van der Waals surface area (Å²) < 4.78 is 6.56. The van der Waals surface area contributed by atoms with Crippen molar-refractivity contribution >= 4 is 28.9 Å². The third kappa shape index (κ3) is 3.87. The highest BCUT2D eigenvalue weighted by molar-refractivity contribution is 6.08. The number of nitrogen functional groups attached to an aromatic ring is 1. The van der Waals surface area contributed by atoms with E-state index in [9.17, 15) is 14.4 Å². The zero-order valence-corrected chi connectivity index (χ0v) is 15.3. The van der Waals surface area contributed by atoms with E-state index in [0.717, 1.165) is 0 Å². The molecule has 0 radical (unpaired) electrons. The number of amides is 1. The predicted octanol–water partition coefficient (Wildman–Crippen LogP) is 0.331. The van der Waals surface area contributed by atoms with Gasteiger partial charge in [-0.1, -0.05) is 0 Å². The largest absolute Gasteiger partial charge is 0.495 e. The summed E-state index contributed by atoms with van der Waals surface area (Å²) in [4.78, 5) is 40.3. The first-order valence-electron chi connectivity index (χ1n) is 8.45. The second-order valence-electron chi connectivity index (χ2n) is 6.13.